The van der Waals surface area contributed by atoms with Crippen molar-refractivity contribution < 1.29 is 4.74 Å². The second kappa shape index (κ2) is 5.80. The maximum Gasteiger partial charge on any atom is 0.153 e. The molecule has 1 aromatic heterocycles. The van der Waals surface area contributed by atoms with Gasteiger partial charge < -0.3 is 15.4 Å². The maximum absolute atomic E-state index is 5.91. The van der Waals surface area contributed by atoms with E-state index in [4.69, 9.17) is 22.1 Å². The summed E-state index contributed by atoms with van der Waals surface area (Å²) in [6, 6.07) is 11.3. The molecule has 19 heavy (non-hydrogen) atoms. The number of hydrogen-bond donors (Lipinski definition) is 1. The van der Waals surface area contributed by atoms with Gasteiger partial charge in [-0.15, -0.1) is 0 Å². The third-order valence-corrected chi connectivity index (χ3v) is 3.00. The number of hydrogen-bond acceptors (Lipinski definition) is 4. The Hall–Kier alpha value is -1.94. The van der Waals surface area contributed by atoms with Crippen LogP contribution < -0.4 is 15.4 Å². The molecule has 2 N–H and O–H groups in total. The smallest absolute Gasteiger partial charge is 0.153 e. The zero-order chi connectivity index (χ0) is 13.8. The molecule has 0 saturated heterocycles. The molecule has 0 unspecified atom stereocenters. The molecular formula is C14H16ClN3O. The monoisotopic (exact) mass is 277 g/mol. The molecule has 0 amide bonds. The molecule has 1 heterocycles. The molecule has 1 aromatic carbocycles. The lowest BCUT2D eigenvalue weighted by Crippen LogP contribution is -2.19. The van der Waals surface area contributed by atoms with Crippen molar-refractivity contribution >= 4 is 23.1 Å². The summed E-state index contributed by atoms with van der Waals surface area (Å²) in [6.45, 7) is 0.675. The van der Waals surface area contributed by atoms with Crippen LogP contribution in [0.3, 0.4) is 0 Å². The van der Waals surface area contributed by atoms with Crippen molar-refractivity contribution in [3.63, 3.8) is 0 Å². The SMILES string of the molecule is COc1cccc(CN(C)c2nc(Cl)ccc2N)c1. The Kier molecular flexibility index (Phi) is 4.12. The molecule has 0 aliphatic rings. The predicted molar refractivity (Wildman–Crippen MR) is 78.8 cm³/mol. The van der Waals surface area contributed by atoms with E-state index in [-0.39, 0.29) is 0 Å². The van der Waals surface area contributed by atoms with Gasteiger partial charge in [-0.1, -0.05) is 23.7 Å². The Morgan fingerprint density at radius 1 is 1.32 bits per heavy atom. The minimum Gasteiger partial charge on any atom is -0.497 e. The van der Waals surface area contributed by atoms with Crippen molar-refractivity contribution in [3.05, 3.63) is 47.1 Å². The largest absolute Gasteiger partial charge is 0.497 e. The third-order valence-electron chi connectivity index (χ3n) is 2.79. The van der Waals surface area contributed by atoms with Gasteiger partial charge in [-0.25, -0.2) is 4.98 Å². The summed E-state index contributed by atoms with van der Waals surface area (Å²) >= 11 is 5.90. The molecule has 0 atom stereocenters. The lowest BCUT2D eigenvalue weighted by atomic mass is 10.2. The average Bonchev–Trinajstić information content (AvgIpc) is 2.41. The van der Waals surface area contributed by atoms with E-state index >= 15 is 0 Å². The first-order valence-corrected chi connectivity index (χ1v) is 6.24. The molecule has 0 spiro atoms. The Balaban J connectivity index is 2.20. The normalized spacial score (nSPS) is 10.3. The van der Waals surface area contributed by atoms with Crippen molar-refractivity contribution in [3.8, 4) is 5.75 Å². The highest BCUT2D eigenvalue weighted by molar-refractivity contribution is 6.29. The van der Waals surface area contributed by atoms with Crippen molar-refractivity contribution in [2.45, 2.75) is 6.54 Å². The van der Waals surface area contributed by atoms with Crippen LogP contribution in [0.4, 0.5) is 11.5 Å². The standard InChI is InChI=1S/C14H16ClN3O/c1-18(14-12(16)6-7-13(15)17-14)9-10-4-3-5-11(8-10)19-2/h3-8H,9,16H2,1-2H3. The maximum atomic E-state index is 5.91. The van der Waals surface area contributed by atoms with Gasteiger partial charge in [0.25, 0.3) is 0 Å². The minimum atomic E-state index is 0.432. The van der Waals surface area contributed by atoms with Gasteiger partial charge in [-0.3, -0.25) is 0 Å². The van der Waals surface area contributed by atoms with E-state index in [0.29, 0.717) is 23.2 Å². The number of nitrogens with two attached hydrogens (primary N) is 1. The second-order valence-corrected chi connectivity index (χ2v) is 4.64. The first kappa shape index (κ1) is 13.5. The number of nitrogen functional groups attached to an aromatic ring is 1. The average molecular weight is 278 g/mol. The lowest BCUT2D eigenvalue weighted by Gasteiger charge is -2.20. The van der Waals surface area contributed by atoms with Gasteiger partial charge in [-0.2, -0.15) is 0 Å². The van der Waals surface area contributed by atoms with Gasteiger partial charge >= 0.3 is 0 Å². The van der Waals surface area contributed by atoms with Crippen LogP contribution in [0.5, 0.6) is 5.75 Å². The molecule has 0 saturated carbocycles. The number of pyridine rings is 1. The Morgan fingerprint density at radius 2 is 2.11 bits per heavy atom. The molecule has 0 aliphatic heterocycles. The molecule has 5 heteroatoms. The fourth-order valence-corrected chi connectivity index (χ4v) is 2.00. The van der Waals surface area contributed by atoms with Gasteiger partial charge in [0.1, 0.15) is 10.9 Å². The molecule has 100 valence electrons. The number of rotatable bonds is 4. The summed E-state index contributed by atoms with van der Waals surface area (Å²) < 4.78 is 5.21. The van der Waals surface area contributed by atoms with E-state index in [1.54, 1.807) is 19.2 Å². The van der Waals surface area contributed by atoms with E-state index in [2.05, 4.69) is 4.98 Å². The van der Waals surface area contributed by atoms with Crippen LogP contribution in [0.2, 0.25) is 5.15 Å². The van der Waals surface area contributed by atoms with Gasteiger partial charge in [0.15, 0.2) is 5.82 Å². The van der Waals surface area contributed by atoms with Gasteiger partial charge in [0.05, 0.1) is 12.8 Å². The summed E-state index contributed by atoms with van der Waals surface area (Å²) in [5, 5.41) is 0.432. The van der Waals surface area contributed by atoms with E-state index in [1.165, 1.54) is 0 Å². The fraction of sp³-hybridized carbons (Fsp3) is 0.214. The summed E-state index contributed by atoms with van der Waals surface area (Å²) in [6.07, 6.45) is 0. The van der Waals surface area contributed by atoms with Crippen molar-refractivity contribution in [2.24, 2.45) is 0 Å². The van der Waals surface area contributed by atoms with Gasteiger partial charge in [0.2, 0.25) is 0 Å². The number of aromatic nitrogens is 1. The number of nitrogens with zero attached hydrogens (tertiary/aromatic N) is 2. The van der Waals surface area contributed by atoms with Crippen molar-refractivity contribution in [2.75, 3.05) is 24.8 Å². The Bertz CT molecular complexity index is 574. The van der Waals surface area contributed by atoms with Crippen LogP contribution in [0.25, 0.3) is 0 Å². The van der Waals surface area contributed by atoms with Crippen LogP contribution in [-0.4, -0.2) is 19.1 Å². The first-order valence-electron chi connectivity index (χ1n) is 5.86. The highest BCUT2D eigenvalue weighted by Gasteiger charge is 2.09. The quantitative estimate of drug-likeness (QED) is 0.873. The topological polar surface area (TPSA) is 51.4 Å². The number of methoxy groups -OCH3 is 1. The van der Waals surface area contributed by atoms with Gasteiger partial charge in [0, 0.05) is 13.6 Å². The van der Waals surface area contributed by atoms with Crippen LogP contribution in [0, 0.1) is 0 Å². The Labute approximate surface area is 117 Å². The number of benzene rings is 1. The molecule has 2 rings (SSSR count). The van der Waals surface area contributed by atoms with Crippen molar-refractivity contribution in [1.29, 1.82) is 0 Å². The molecule has 0 radical (unpaired) electrons. The molecular weight excluding hydrogens is 262 g/mol. The summed E-state index contributed by atoms with van der Waals surface area (Å²) in [5.41, 5.74) is 7.63. The van der Waals surface area contributed by atoms with Crippen LogP contribution in [0.15, 0.2) is 36.4 Å². The first-order chi connectivity index (χ1) is 9.10. The van der Waals surface area contributed by atoms with Crippen LogP contribution in [-0.2, 0) is 6.54 Å². The minimum absolute atomic E-state index is 0.432. The number of halogens is 1. The van der Waals surface area contributed by atoms with E-state index in [1.807, 2.05) is 36.2 Å². The van der Waals surface area contributed by atoms with Crippen LogP contribution in [0.1, 0.15) is 5.56 Å². The van der Waals surface area contributed by atoms with Crippen LogP contribution >= 0.6 is 11.6 Å². The fourth-order valence-electron chi connectivity index (χ4n) is 1.86. The molecule has 0 aliphatic carbocycles. The predicted octanol–water partition coefficient (Wildman–Crippen LogP) is 2.96. The van der Waals surface area contributed by atoms with E-state index in [9.17, 15) is 0 Å². The highest BCUT2D eigenvalue weighted by Crippen LogP contribution is 2.24. The third kappa shape index (κ3) is 3.29. The van der Waals surface area contributed by atoms with Crippen molar-refractivity contribution in [1.82, 2.24) is 4.98 Å². The Morgan fingerprint density at radius 3 is 2.84 bits per heavy atom. The number of ether oxygens (including phenoxy) is 1. The lowest BCUT2D eigenvalue weighted by molar-refractivity contribution is 0.414. The zero-order valence-corrected chi connectivity index (χ0v) is 11.7. The van der Waals surface area contributed by atoms with Gasteiger partial charge in [-0.05, 0) is 29.8 Å². The second-order valence-electron chi connectivity index (χ2n) is 4.25. The highest BCUT2D eigenvalue weighted by atomic mass is 35.5. The van der Waals surface area contributed by atoms with E-state index in [0.717, 1.165) is 11.3 Å². The number of anilines is 2. The summed E-state index contributed by atoms with van der Waals surface area (Å²) in [7, 11) is 3.58. The molecule has 4 nitrogen and oxygen atoms in total. The molecule has 2 aromatic rings. The van der Waals surface area contributed by atoms with E-state index < -0.39 is 0 Å². The summed E-state index contributed by atoms with van der Waals surface area (Å²) in [4.78, 5) is 6.20. The molecule has 0 fully saturated rings. The molecule has 0 bridgehead atoms. The zero-order valence-electron chi connectivity index (χ0n) is 10.9. The summed E-state index contributed by atoms with van der Waals surface area (Å²) in [5.74, 6) is 1.51.